The molecule has 0 saturated carbocycles. The number of hydrogen-bond donors (Lipinski definition) is 2. The lowest BCUT2D eigenvalue weighted by molar-refractivity contribution is -0.763. The molecule has 0 aliphatic carbocycles. The molecule has 0 aliphatic rings. The number of carbonyl (C=O) groups excluding carboxylic acids is 1. The molecule has 0 atom stereocenters. The summed E-state index contributed by atoms with van der Waals surface area (Å²) in [5, 5.41) is 27.7. The van der Waals surface area contributed by atoms with E-state index in [1.54, 1.807) is 0 Å². The molecule has 0 aromatic heterocycles. The van der Waals surface area contributed by atoms with Gasteiger partial charge in [-0.25, -0.2) is 4.79 Å². The van der Waals surface area contributed by atoms with Crippen LogP contribution >= 0.6 is 0 Å². The Balaban J connectivity index is 1.92. The lowest BCUT2D eigenvalue weighted by atomic mass is 10.2. The van der Waals surface area contributed by atoms with Crippen molar-refractivity contribution in [2.45, 2.75) is 6.61 Å². The van der Waals surface area contributed by atoms with Crippen LogP contribution in [0.5, 0.6) is 17.2 Å². The normalized spacial score (nSPS) is 10.5. The Morgan fingerprint density at radius 2 is 1.83 bits per heavy atom. The van der Waals surface area contributed by atoms with Gasteiger partial charge in [0, 0.05) is 6.08 Å². The molecular formula is C16H13NO7. The molecule has 2 N–H and O–H groups in total. The van der Waals surface area contributed by atoms with Crippen molar-refractivity contribution < 1.29 is 29.7 Å². The van der Waals surface area contributed by atoms with Crippen LogP contribution in [0.25, 0.3) is 6.08 Å². The smallest absolute Gasteiger partial charge is 0.336 e. The highest BCUT2D eigenvalue weighted by Gasteiger charge is 2.03. The van der Waals surface area contributed by atoms with Gasteiger partial charge in [-0.2, -0.15) is 0 Å². The zero-order valence-electron chi connectivity index (χ0n) is 12.3. The Labute approximate surface area is 136 Å². The molecule has 8 heteroatoms. The molecule has 2 aromatic carbocycles. The van der Waals surface area contributed by atoms with E-state index < -0.39 is 11.1 Å². The molecule has 0 saturated heterocycles. The first-order valence-electron chi connectivity index (χ1n) is 6.72. The summed E-state index contributed by atoms with van der Waals surface area (Å²) in [6, 6.07) is 10.1. The topological polar surface area (TPSA) is 119 Å². The Hall–Kier alpha value is -3.55. The second-order valence-electron chi connectivity index (χ2n) is 4.64. The minimum absolute atomic E-state index is 0.189. The van der Waals surface area contributed by atoms with Crippen molar-refractivity contribution in [3.05, 3.63) is 69.8 Å². The van der Waals surface area contributed by atoms with Crippen molar-refractivity contribution in [2.24, 2.45) is 0 Å². The van der Waals surface area contributed by atoms with E-state index in [1.807, 2.05) is 0 Å². The van der Waals surface area contributed by atoms with Crippen molar-refractivity contribution in [3.63, 3.8) is 0 Å². The monoisotopic (exact) mass is 331 g/mol. The third-order valence-electron chi connectivity index (χ3n) is 2.89. The third kappa shape index (κ3) is 5.02. The van der Waals surface area contributed by atoms with Gasteiger partial charge in [0.15, 0.2) is 11.5 Å². The van der Waals surface area contributed by atoms with Crippen molar-refractivity contribution in [1.29, 1.82) is 0 Å². The molecule has 8 nitrogen and oxygen atoms in total. The van der Waals surface area contributed by atoms with Gasteiger partial charge in [-0.15, -0.1) is 10.1 Å². The van der Waals surface area contributed by atoms with Gasteiger partial charge in [-0.1, -0.05) is 18.2 Å². The van der Waals surface area contributed by atoms with Gasteiger partial charge in [-0.3, -0.25) is 0 Å². The van der Waals surface area contributed by atoms with E-state index in [0.717, 1.165) is 6.08 Å². The van der Waals surface area contributed by atoms with Crippen LogP contribution in [0, 0.1) is 10.1 Å². The van der Waals surface area contributed by atoms with Crippen LogP contribution in [-0.4, -0.2) is 21.3 Å². The lowest BCUT2D eigenvalue weighted by Crippen LogP contribution is -2.04. The maximum Gasteiger partial charge on any atom is 0.336 e. The maximum atomic E-state index is 11.7. The van der Waals surface area contributed by atoms with Gasteiger partial charge in [-0.05, 0) is 41.5 Å². The van der Waals surface area contributed by atoms with Crippen LogP contribution in [0.3, 0.4) is 0 Å². The van der Waals surface area contributed by atoms with E-state index in [9.17, 15) is 25.1 Å². The quantitative estimate of drug-likeness (QED) is 0.208. The molecule has 0 fully saturated rings. The van der Waals surface area contributed by atoms with Gasteiger partial charge in [0.25, 0.3) is 5.09 Å². The number of hydrogen-bond acceptors (Lipinski definition) is 7. The molecule has 0 bridgehead atoms. The number of esters is 1. The van der Waals surface area contributed by atoms with Crippen molar-refractivity contribution in [3.8, 4) is 17.2 Å². The highest BCUT2D eigenvalue weighted by molar-refractivity contribution is 5.88. The highest BCUT2D eigenvalue weighted by atomic mass is 16.9. The predicted molar refractivity (Wildman–Crippen MR) is 82.7 cm³/mol. The molecule has 0 radical (unpaired) electrons. The predicted octanol–water partition coefficient (Wildman–Crippen LogP) is 2.42. The first-order chi connectivity index (χ1) is 11.4. The minimum atomic E-state index is -0.889. The average molecular weight is 331 g/mol. The molecule has 0 heterocycles. The Morgan fingerprint density at radius 3 is 2.46 bits per heavy atom. The van der Waals surface area contributed by atoms with E-state index in [0.29, 0.717) is 11.1 Å². The molecule has 0 unspecified atom stereocenters. The molecule has 124 valence electrons. The fourth-order valence-electron chi connectivity index (χ4n) is 1.74. The van der Waals surface area contributed by atoms with Gasteiger partial charge in [0.05, 0.1) is 0 Å². The summed E-state index contributed by atoms with van der Waals surface area (Å²) in [6.45, 7) is -0.189. The van der Waals surface area contributed by atoms with Crippen LogP contribution in [-0.2, 0) is 16.2 Å². The molecule has 2 rings (SSSR count). The summed E-state index contributed by atoms with van der Waals surface area (Å²) in [6.07, 6.45) is 2.58. The number of carbonyl (C=O) groups is 1. The second kappa shape index (κ2) is 7.63. The lowest BCUT2D eigenvalue weighted by Gasteiger charge is -2.03. The van der Waals surface area contributed by atoms with Crippen LogP contribution in [0.15, 0.2) is 48.5 Å². The van der Waals surface area contributed by atoms with Gasteiger partial charge in [0.1, 0.15) is 12.4 Å². The Kier molecular flexibility index (Phi) is 5.35. The van der Waals surface area contributed by atoms with Crippen LogP contribution in [0.4, 0.5) is 0 Å². The molecule has 0 amide bonds. The summed E-state index contributed by atoms with van der Waals surface area (Å²) >= 11 is 0. The fraction of sp³-hybridized carbons (Fsp3) is 0.0625. The second-order valence-corrected chi connectivity index (χ2v) is 4.64. The van der Waals surface area contributed by atoms with Gasteiger partial charge < -0.3 is 19.8 Å². The zero-order valence-corrected chi connectivity index (χ0v) is 12.3. The summed E-state index contributed by atoms with van der Waals surface area (Å²) in [5.74, 6) is -0.922. The maximum absolute atomic E-state index is 11.7. The van der Waals surface area contributed by atoms with Crippen molar-refractivity contribution in [1.82, 2.24) is 0 Å². The van der Waals surface area contributed by atoms with E-state index >= 15 is 0 Å². The number of benzene rings is 2. The third-order valence-corrected chi connectivity index (χ3v) is 2.89. The molecule has 0 spiro atoms. The van der Waals surface area contributed by atoms with Crippen LogP contribution in [0.1, 0.15) is 11.1 Å². The van der Waals surface area contributed by atoms with E-state index in [2.05, 4.69) is 4.84 Å². The van der Waals surface area contributed by atoms with Crippen LogP contribution in [0.2, 0.25) is 0 Å². The Morgan fingerprint density at radius 1 is 1.12 bits per heavy atom. The SMILES string of the molecule is O=C(C=Cc1ccc(O)c(O)c1)Oc1ccc(CO[N+](=O)[O-])cc1. The number of nitrogens with zero attached hydrogens (tertiary/aromatic N) is 1. The van der Waals surface area contributed by atoms with Crippen molar-refractivity contribution in [2.75, 3.05) is 0 Å². The highest BCUT2D eigenvalue weighted by Crippen LogP contribution is 2.25. The summed E-state index contributed by atoms with van der Waals surface area (Å²) < 4.78 is 5.06. The van der Waals surface area contributed by atoms with Gasteiger partial charge in [0.2, 0.25) is 0 Å². The summed E-state index contributed by atoms with van der Waals surface area (Å²) in [4.78, 5) is 26.0. The molecule has 0 aliphatic heterocycles. The van der Waals surface area contributed by atoms with Crippen molar-refractivity contribution >= 4 is 12.0 Å². The number of ether oxygens (including phenoxy) is 1. The van der Waals surface area contributed by atoms with Crippen LogP contribution < -0.4 is 4.74 Å². The number of phenolic OH excluding ortho intramolecular Hbond substituents is 2. The van der Waals surface area contributed by atoms with Gasteiger partial charge >= 0.3 is 5.97 Å². The number of phenols is 2. The molecule has 24 heavy (non-hydrogen) atoms. The zero-order chi connectivity index (χ0) is 17.5. The first kappa shape index (κ1) is 16.8. The summed E-state index contributed by atoms with van der Waals surface area (Å²) in [5.41, 5.74) is 1.07. The van der Waals surface area contributed by atoms with E-state index in [4.69, 9.17) is 4.74 Å². The minimum Gasteiger partial charge on any atom is -0.504 e. The Bertz CT molecular complexity index is 768. The average Bonchev–Trinajstić information content (AvgIpc) is 2.55. The first-order valence-corrected chi connectivity index (χ1v) is 6.72. The fourth-order valence-corrected chi connectivity index (χ4v) is 1.74. The summed E-state index contributed by atoms with van der Waals surface area (Å²) in [7, 11) is 0. The molecular weight excluding hydrogens is 318 g/mol. The van der Waals surface area contributed by atoms with E-state index in [1.165, 1.54) is 48.5 Å². The number of aromatic hydroxyl groups is 2. The largest absolute Gasteiger partial charge is 0.504 e. The standard InChI is InChI=1S/C16H13NO7/c18-14-7-3-11(9-15(14)19)4-8-16(20)24-13-5-1-12(2-6-13)10-23-17(21)22/h1-9,18-19H,10H2. The van der Waals surface area contributed by atoms with E-state index in [-0.39, 0.29) is 23.9 Å². The number of rotatable bonds is 6. The molecule has 2 aromatic rings.